The van der Waals surface area contributed by atoms with Gasteiger partial charge in [-0.15, -0.1) is 0 Å². The highest BCUT2D eigenvalue weighted by Crippen LogP contribution is 2.29. The molecule has 3 rings (SSSR count). The van der Waals surface area contributed by atoms with E-state index in [4.69, 9.17) is 5.73 Å². The summed E-state index contributed by atoms with van der Waals surface area (Å²) in [5, 5.41) is 26.5. The van der Waals surface area contributed by atoms with E-state index in [-0.39, 0.29) is 23.8 Å². The number of aromatic nitrogens is 2. The molecule has 1 aromatic heterocycles. The van der Waals surface area contributed by atoms with Crippen LogP contribution in [-0.4, -0.2) is 49.9 Å². The normalized spacial score (nSPS) is 32.0. The topological polar surface area (TPSA) is 133 Å². The van der Waals surface area contributed by atoms with Crippen LogP contribution < -0.4 is 16.4 Å². The van der Waals surface area contributed by atoms with E-state index in [1.54, 1.807) is 0 Å². The van der Waals surface area contributed by atoms with Crippen molar-refractivity contribution >= 4 is 17.7 Å². The zero-order chi connectivity index (χ0) is 18.7. The van der Waals surface area contributed by atoms with Gasteiger partial charge in [-0.25, -0.2) is 4.98 Å². The van der Waals surface area contributed by atoms with Gasteiger partial charge in [0.25, 0.3) is 5.91 Å². The predicted octanol–water partition coefficient (Wildman–Crippen LogP) is 1.40. The zero-order valence-corrected chi connectivity index (χ0v) is 15.2. The Morgan fingerprint density at radius 2 is 1.96 bits per heavy atom. The molecule has 0 bridgehead atoms. The number of carbonyl (C=O) groups excluding carboxylic acids is 1. The van der Waals surface area contributed by atoms with Crippen molar-refractivity contribution in [1.29, 1.82) is 0 Å². The number of nitrogens with two attached hydrogens (primary N) is 1. The molecule has 0 saturated heterocycles. The van der Waals surface area contributed by atoms with Crippen LogP contribution in [0.3, 0.4) is 0 Å². The molecular formula is C18H29N5O3. The summed E-state index contributed by atoms with van der Waals surface area (Å²) < 4.78 is 0. The van der Waals surface area contributed by atoms with Crippen LogP contribution in [0.25, 0.3) is 0 Å². The van der Waals surface area contributed by atoms with Crippen molar-refractivity contribution in [3.8, 4) is 0 Å². The molecule has 6 N–H and O–H groups in total. The minimum Gasteiger partial charge on any atom is -0.393 e. The molecule has 0 spiro atoms. The van der Waals surface area contributed by atoms with Gasteiger partial charge in [0.15, 0.2) is 0 Å². The van der Waals surface area contributed by atoms with E-state index < -0.39 is 11.5 Å². The second kappa shape index (κ2) is 7.75. The van der Waals surface area contributed by atoms with Gasteiger partial charge in [0.05, 0.1) is 17.3 Å². The molecule has 1 heterocycles. The molecule has 8 nitrogen and oxygen atoms in total. The van der Waals surface area contributed by atoms with Gasteiger partial charge in [-0.3, -0.25) is 4.79 Å². The fourth-order valence-corrected chi connectivity index (χ4v) is 3.80. The highest BCUT2D eigenvalue weighted by Gasteiger charge is 2.29. The molecule has 0 unspecified atom stereocenters. The van der Waals surface area contributed by atoms with Crippen molar-refractivity contribution < 1.29 is 15.0 Å². The number of nitrogens with zero attached hydrogens (tertiary/aromatic N) is 2. The number of rotatable bonds is 5. The van der Waals surface area contributed by atoms with Crippen LogP contribution in [0.5, 0.6) is 0 Å². The Kier molecular flexibility index (Phi) is 5.62. The smallest absolute Gasteiger partial charge is 0.254 e. The van der Waals surface area contributed by atoms with E-state index in [0.717, 1.165) is 44.9 Å². The quantitative estimate of drug-likeness (QED) is 0.534. The van der Waals surface area contributed by atoms with Crippen LogP contribution in [0.1, 0.15) is 68.6 Å². The van der Waals surface area contributed by atoms with E-state index in [0.29, 0.717) is 18.2 Å². The number of aliphatic hydroxyl groups is 2. The summed E-state index contributed by atoms with van der Waals surface area (Å²) in [4.78, 5) is 20.4. The molecular weight excluding hydrogens is 334 g/mol. The summed E-state index contributed by atoms with van der Waals surface area (Å²) in [6.45, 7) is 1.86. The third-order valence-electron chi connectivity index (χ3n) is 5.44. The average molecular weight is 363 g/mol. The van der Waals surface area contributed by atoms with Gasteiger partial charge in [-0.1, -0.05) is 0 Å². The largest absolute Gasteiger partial charge is 0.393 e. The number of anilines is 2. The number of amides is 1. The van der Waals surface area contributed by atoms with Gasteiger partial charge in [0.2, 0.25) is 5.95 Å². The van der Waals surface area contributed by atoms with Gasteiger partial charge < -0.3 is 26.6 Å². The van der Waals surface area contributed by atoms with E-state index in [1.165, 1.54) is 6.20 Å². The fraction of sp³-hybridized carbons (Fsp3) is 0.722. The first-order chi connectivity index (χ1) is 12.3. The molecule has 0 aromatic carbocycles. The van der Waals surface area contributed by atoms with Gasteiger partial charge in [-0.05, 0) is 58.3 Å². The maximum Gasteiger partial charge on any atom is 0.254 e. The Hall–Kier alpha value is -1.93. The highest BCUT2D eigenvalue weighted by atomic mass is 16.3. The molecule has 8 heteroatoms. The number of hydrogen-bond acceptors (Lipinski definition) is 7. The number of aliphatic hydroxyl groups excluding tert-OH is 1. The van der Waals surface area contributed by atoms with Gasteiger partial charge >= 0.3 is 0 Å². The molecule has 1 amide bonds. The predicted molar refractivity (Wildman–Crippen MR) is 98.9 cm³/mol. The fourth-order valence-electron chi connectivity index (χ4n) is 3.80. The maximum atomic E-state index is 11.7. The summed E-state index contributed by atoms with van der Waals surface area (Å²) in [6.07, 6.45) is 7.54. The molecule has 0 radical (unpaired) electrons. The number of nitrogens with one attached hydrogen (secondary N) is 2. The van der Waals surface area contributed by atoms with Gasteiger partial charge in [0, 0.05) is 18.3 Å². The SMILES string of the molecule is C[C@]1(O)CC[C@@H](Nc2ncc(C(N)=O)c(N[C@@H]3CCC[C@H](O)C3)n2)CC1. The maximum absolute atomic E-state index is 11.7. The highest BCUT2D eigenvalue weighted by molar-refractivity contribution is 5.97. The van der Waals surface area contributed by atoms with E-state index in [9.17, 15) is 15.0 Å². The van der Waals surface area contributed by atoms with Crippen molar-refractivity contribution in [2.45, 2.75) is 82.1 Å². The lowest BCUT2D eigenvalue weighted by Gasteiger charge is -2.33. The Balaban J connectivity index is 1.70. The Bertz CT molecular complexity index is 642. The van der Waals surface area contributed by atoms with E-state index in [2.05, 4.69) is 20.6 Å². The second-order valence-electron chi connectivity index (χ2n) is 7.90. The molecule has 0 aliphatic heterocycles. The van der Waals surface area contributed by atoms with Gasteiger partial charge in [-0.2, -0.15) is 4.98 Å². The second-order valence-corrected chi connectivity index (χ2v) is 7.90. The van der Waals surface area contributed by atoms with Crippen molar-refractivity contribution in [2.75, 3.05) is 10.6 Å². The van der Waals surface area contributed by atoms with Crippen LogP contribution in [0.4, 0.5) is 11.8 Å². The van der Waals surface area contributed by atoms with E-state index in [1.807, 2.05) is 6.92 Å². The zero-order valence-electron chi connectivity index (χ0n) is 15.2. The summed E-state index contributed by atoms with van der Waals surface area (Å²) in [5.74, 6) is 0.279. The number of carbonyl (C=O) groups is 1. The number of primary amides is 1. The first-order valence-corrected chi connectivity index (χ1v) is 9.43. The summed E-state index contributed by atoms with van der Waals surface area (Å²) >= 11 is 0. The van der Waals surface area contributed by atoms with Crippen LogP contribution >= 0.6 is 0 Å². The molecule has 2 saturated carbocycles. The minimum atomic E-state index is -0.594. The minimum absolute atomic E-state index is 0.0596. The monoisotopic (exact) mass is 363 g/mol. The molecule has 2 aliphatic rings. The van der Waals surface area contributed by atoms with Crippen molar-refractivity contribution in [1.82, 2.24) is 9.97 Å². The average Bonchev–Trinajstić information content (AvgIpc) is 2.57. The van der Waals surface area contributed by atoms with Crippen LogP contribution in [0.15, 0.2) is 6.20 Å². The molecule has 144 valence electrons. The van der Waals surface area contributed by atoms with Crippen LogP contribution in [0.2, 0.25) is 0 Å². The van der Waals surface area contributed by atoms with Crippen molar-refractivity contribution in [2.24, 2.45) is 5.73 Å². The summed E-state index contributed by atoms with van der Waals surface area (Å²) in [7, 11) is 0. The van der Waals surface area contributed by atoms with Gasteiger partial charge in [0.1, 0.15) is 5.82 Å². The summed E-state index contributed by atoms with van der Waals surface area (Å²) in [6, 6.07) is 0.253. The lowest BCUT2D eigenvalue weighted by atomic mass is 9.84. The van der Waals surface area contributed by atoms with Crippen molar-refractivity contribution in [3.63, 3.8) is 0 Å². The standard InChI is InChI=1S/C18H29N5O3/c1-18(26)7-5-11(6-8-18)22-17-20-10-14(15(19)25)16(23-17)21-12-3-2-4-13(24)9-12/h10-13,24,26H,2-9H2,1H3,(H2,19,25)(H2,20,21,22,23)/t11-,12-,13+,18+/m1/s1. The Morgan fingerprint density at radius 3 is 2.62 bits per heavy atom. The Labute approximate surface area is 153 Å². The van der Waals surface area contributed by atoms with E-state index >= 15 is 0 Å². The lowest BCUT2D eigenvalue weighted by Crippen LogP contribution is -2.36. The third kappa shape index (κ3) is 4.82. The number of hydrogen-bond donors (Lipinski definition) is 5. The first kappa shape index (κ1) is 18.8. The molecule has 26 heavy (non-hydrogen) atoms. The molecule has 2 atom stereocenters. The Morgan fingerprint density at radius 1 is 1.23 bits per heavy atom. The molecule has 2 aliphatic carbocycles. The van der Waals surface area contributed by atoms with Crippen LogP contribution in [-0.2, 0) is 0 Å². The van der Waals surface area contributed by atoms with Crippen molar-refractivity contribution in [3.05, 3.63) is 11.8 Å². The summed E-state index contributed by atoms with van der Waals surface area (Å²) in [5.41, 5.74) is 5.11. The van der Waals surface area contributed by atoms with Crippen LogP contribution in [0, 0.1) is 0 Å². The first-order valence-electron chi connectivity index (χ1n) is 9.43. The lowest BCUT2D eigenvalue weighted by molar-refractivity contribution is 0.0195. The third-order valence-corrected chi connectivity index (χ3v) is 5.44. The molecule has 1 aromatic rings. The molecule has 2 fully saturated rings.